The molecule has 0 bridgehead atoms. The second-order valence-electron chi connectivity index (χ2n) is 10.5. The van der Waals surface area contributed by atoms with Crippen LogP contribution in [0.2, 0.25) is 0 Å². The van der Waals surface area contributed by atoms with Crippen LogP contribution in [0.1, 0.15) is 26.5 Å². The van der Waals surface area contributed by atoms with Crippen LogP contribution in [0.5, 0.6) is 0 Å². The number of hydrogen-bond acceptors (Lipinski definition) is 9. The Labute approximate surface area is 236 Å². The number of carbonyl (C=O) groups is 1. The maximum atomic E-state index is 12.5. The molecule has 2 aromatic carbocycles. The van der Waals surface area contributed by atoms with E-state index in [9.17, 15) is 13.2 Å². The van der Waals surface area contributed by atoms with Gasteiger partial charge in [-0.05, 0) is 36.4 Å². The van der Waals surface area contributed by atoms with E-state index in [1.54, 1.807) is 47.1 Å². The molecular formula is C27H29N9O4S. The monoisotopic (exact) mass is 575 g/mol. The van der Waals surface area contributed by atoms with Gasteiger partial charge in [-0.3, -0.25) is 5.32 Å². The summed E-state index contributed by atoms with van der Waals surface area (Å²) in [4.78, 5) is 21.2. The Morgan fingerprint density at radius 2 is 1.68 bits per heavy atom. The van der Waals surface area contributed by atoms with Crippen molar-refractivity contribution in [3.63, 3.8) is 0 Å². The molecule has 4 N–H and O–H groups in total. The first kappa shape index (κ1) is 27.7. The van der Waals surface area contributed by atoms with Gasteiger partial charge in [0.05, 0.1) is 16.0 Å². The van der Waals surface area contributed by atoms with Crippen LogP contribution in [-0.4, -0.2) is 57.8 Å². The summed E-state index contributed by atoms with van der Waals surface area (Å²) in [5, 5.41) is 14.6. The number of nitrogen functional groups attached to an aromatic ring is 1. The van der Waals surface area contributed by atoms with Gasteiger partial charge in [0, 0.05) is 36.8 Å². The summed E-state index contributed by atoms with van der Waals surface area (Å²) >= 11 is 0. The average Bonchev–Trinajstić information content (AvgIpc) is 3.55. The molecular weight excluding hydrogens is 546 g/mol. The largest absolute Gasteiger partial charge is 0.383 e. The average molecular weight is 576 g/mol. The number of hydrogen-bond donors (Lipinski definition) is 3. The summed E-state index contributed by atoms with van der Waals surface area (Å²) in [7, 11) is -0.634. The van der Waals surface area contributed by atoms with E-state index in [1.165, 1.54) is 32.6 Å². The van der Waals surface area contributed by atoms with Crippen LogP contribution in [0.15, 0.2) is 70.3 Å². The molecule has 3 heterocycles. The number of amides is 2. The highest BCUT2D eigenvalue weighted by molar-refractivity contribution is 7.89. The third-order valence-corrected chi connectivity index (χ3v) is 8.09. The molecule has 212 valence electrons. The van der Waals surface area contributed by atoms with E-state index in [4.69, 9.17) is 15.4 Å². The summed E-state index contributed by atoms with van der Waals surface area (Å²) in [6.45, 7) is 5.96. The van der Waals surface area contributed by atoms with Crippen LogP contribution in [0.3, 0.4) is 0 Å². The molecule has 0 saturated heterocycles. The van der Waals surface area contributed by atoms with Gasteiger partial charge in [0.15, 0.2) is 11.5 Å². The summed E-state index contributed by atoms with van der Waals surface area (Å²) in [6, 6.07) is 14.6. The van der Waals surface area contributed by atoms with E-state index in [-0.39, 0.29) is 16.1 Å². The molecule has 5 rings (SSSR count). The lowest BCUT2D eigenvalue weighted by Gasteiger charge is -2.12. The number of nitrogens with one attached hydrogen (secondary N) is 2. The number of benzene rings is 2. The minimum atomic E-state index is -3.58. The molecule has 41 heavy (non-hydrogen) atoms. The van der Waals surface area contributed by atoms with Crippen LogP contribution in [0.25, 0.3) is 28.0 Å². The molecule has 0 fully saturated rings. The third kappa shape index (κ3) is 5.47. The van der Waals surface area contributed by atoms with Gasteiger partial charge >= 0.3 is 6.03 Å². The fraction of sp³-hybridized carbons (Fsp3) is 0.222. The Morgan fingerprint density at radius 3 is 2.29 bits per heavy atom. The van der Waals surface area contributed by atoms with E-state index in [0.717, 1.165) is 4.31 Å². The summed E-state index contributed by atoms with van der Waals surface area (Å²) in [6.07, 6.45) is 1.35. The fourth-order valence-electron chi connectivity index (χ4n) is 4.00. The first-order chi connectivity index (χ1) is 19.3. The Bertz CT molecular complexity index is 1840. The molecule has 13 nitrogen and oxygen atoms in total. The third-order valence-electron chi connectivity index (χ3n) is 6.26. The number of urea groups is 1. The highest BCUT2D eigenvalue weighted by Gasteiger charge is 2.22. The Hall–Kier alpha value is -4.82. The maximum Gasteiger partial charge on any atom is 0.324 e. The van der Waals surface area contributed by atoms with Crippen molar-refractivity contribution in [2.75, 3.05) is 30.5 Å². The van der Waals surface area contributed by atoms with Crippen molar-refractivity contribution < 1.29 is 17.7 Å². The van der Waals surface area contributed by atoms with E-state index >= 15 is 0 Å². The molecule has 2 amide bonds. The molecule has 0 atom stereocenters. The Balaban J connectivity index is 1.40. The molecule has 5 aromatic rings. The topological polar surface area (TPSA) is 174 Å². The van der Waals surface area contributed by atoms with Gasteiger partial charge in [-0.2, -0.15) is 5.10 Å². The van der Waals surface area contributed by atoms with Crippen molar-refractivity contribution in [3.05, 3.63) is 66.7 Å². The van der Waals surface area contributed by atoms with Gasteiger partial charge in [0.2, 0.25) is 10.0 Å². The number of rotatable bonds is 6. The van der Waals surface area contributed by atoms with Crippen LogP contribution in [-0.2, 0) is 15.4 Å². The van der Waals surface area contributed by atoms with Crippen LogP contribution < -0.4 is 16.4 Å². The minimum absolute atomic E-state index is 0.157. The number of nitrogens with zero attached hydrogens (tertiary/aromatic N) is 6. The van der Waals surface area contributed by atoms with Crippen molar-refractivity contribution in [3.8, 4) is 16.9 Å². The quantitative estimate of drug-likeness (QED) is 0.267. The molecule has 0 spiro atoms. The number of aromatic nitrogens is 5. The summed E-state index contributed by atoms with van der Waals surface area (Å²) < 4.78 is 33.0. The maximum absolute atomic E-state index is 12.5. The van der Waals surface area contributed by atoms with Gasteiger partial charge in [-0.1, -0.05) is 38.1 Å². The summed E-state index contributed by atoms with van der Waals surface area (Å²) in [5.41, 5.74) is 8.79. The zero-order valence-electron chi connectivity index (χ0n) is 23.1. The van der Waals surface area contributed by atoms with E-state index in [2.05, 4.69) is 25.8 Å². The predicted molar refractivity (Wildman–Crippen MR) is 155 cm³/mol. The number of anilines is 3. The highest BCUT2D eigenvalue weighted by atomic mass is 32.2. The Kier molecular flexibility index (Phi) is 6.97. The number of sulfonamides is 1. The van der Waals surface area contributed by atoms with Crippen LogP contribution >= 0.6 is 0 Å². The molecule has 14 heteroatoms. The lowest BCUT2D eigenvalue weighted by atomic mass is 9.93. The number of nitrogens with two attached hydrogens (primary N) is 1. The molecule has 0 aliphatic heterocycles. The lowest BCUT2D eigenvalue weighted by molar-refractivity contribution is 0.262. The predicted octanol–water partition coefficient (Wildman–Crippen LogP) is 4.24. The van der Waals surface area contributed by atoms with Gasteiger partial charge in [-0.15, -0.1) is 0 Å². The molecule has 3 aromatic heterocycles. The second-order valence-corrected chi connectivity index (χ2v) is 12.6. The molecule has 0 radical (unpaired) electrons. The van der Waals surface area contributed by atoms with Gasteiger partial charge in [0.1, 0.15) is 23.6 Å². The summed E-state index contributed by atoms with van der Waals surface area (Å²) in [5.74, 6) is 1.20. The molecule has 0 saturated carbocycles. The first-order valence-corrected chi connectivity index (χ1v) is 14.0. The van der Waals surface area contributed by atoms with Gasteiger partial charge < -0.3 is 15.6 Å². The van der Waals surface area contributed by atoms with Crippen LogP contribution in [0.4, 0.5) is 22.1 Å². The number of carbonyl (C=O) groups excluding carboxylic acids is 1. The Morgan fingerprint density at radius 1 is 1.00 bits per heavy atom. The van der Waals surface area contributed by atoms with E-state index in [0.29, 0.717) is 45.2 Å². The van der Waals surface area contributed by atoms with Crippen molar-refractivity contribution in [1.29, 1.82) is 0 Å². The second kappa shape index (κ2) is 10.3. The minimum Gasteiger partial charge on any atom is -0.383 e. The normalized spacial score (nSPS) is 12.1. The van der Waals surface area contributed by atoms with Crippen LogP contribution in [0, 0.1) is 0 Å². The van der Waals surface area contributed by atoms with Crippen molar-refractivity contribution in [1.82, 2.24) is 29.2 Å². The lowest BCUT2D eigenvalue weighted by Crippen LogP contribution is -2.22. The molecule has 0 aliphatic carbocycles. The fourth-order valence-corrected chi connectivity index (χ4v) is 4.91. The first-order valence-electron chi connectivity index (χ1n) is 12.5. The standard InChI is InChI=1S/C27H29N9O4S/c1-27(2,3)20-14-21(34-40-20)32-26(37)31-17-8-10-18(11-9-17)36-25-22(24(28)29-15-30-25)23(33-36)16-6-12-19(13-7-16)41(38,39)35(4)5/h6-15H,1-5H3,(H2,28,29,30)(H2,31,32,34,37). The van der Waals surface area contributed by atoms with Crippen molar-refractivity contribution >= 4 is 44.4 Å². The zero-order valence-corrected chi connectivity index (χ0v) is 23.9. The molecule has 0 aliphatic rings. The zero-order chi connectivity index (χ0) is 29.5. The number of fused-ring (bicyclic) bond motifs is 1. The van der Waals surface area contributed by atoms with Crippen molar-refractivity contribution in [2.24, 2.45) is 0 Å². The van der Waals surface area contributed by atoms with E-state index in [1.807, 2.05) is 20.8 Å². The molecule has 0 unspecified atom stereocenters. The van der Waals surface area contributed by atoms with Gasteiger partial charge in [-0.25, -0.2) is 32.2 Å². The van der Waals surface area contributed by atoms with E-state index < -0.39 is 16.1 Å². The smallest absolute Gasteiger partial charge is 0.324 e. The SMILES string of the molecule is CN(C)S(=O)(=O)c1ccc(-c2nn(-c3ccc(NC(=O)Nc4cc(C(C)(C)C)on4)cc3)c3ncnc(N)c23)cc1. The van der Waals surface area contributed by atoms with Crippen molar-refractivity contribution in [2.45, 2.75) is 31.1 Å². The van der Waals surface area contributed by atoms with Gasteiger partial charge in [0.25, 0.3) is 0 Å². The highest BCUT2D eigenvalue weighted by Crippen LogP contribution is 2.32.